The van der Waals surface area contributed by atoms with Crippen LogP contribution in [0.4, 0.5) is 0 Å². The third-order valence-electron chi connectivity index (χ3n) is 2.85. The number of aromatic nitrogens is 1. The number of hydrogen-bond donors (Lipinski definition) is 0. The molecule has 16 heavy (non-hydrogen) atoms. The lowest BCUT2D eigenvalue weighted by Crippen LogP contribution is -2.37. The second kappa shape index (κ2) is 6.13. The van der Waals surface area contributed by atoms with Gasteiger partial charge in [-0.25, -0.2) is 0 Å². The summed E-state index contributed by atoms with van der Waals surface area (Å²) in [7, 11) is 0. The van der Waals surface area contributed by atoms with Gasteiger partial charge in [0.15, 0.2) is 0 Å². The average Bonchev–Trinajstić information content (AvgIpc) is 2.33. The van der Waals surface area contributed by atoms with E-state index < -0.39 is 0 Å². The van der Waals surface area contributed by atoms with Crippen molar-refractivity contribution < 1.29 is 4.74 Å². The van der Waals surface area contributed by atoms with E-state index in [2.05, 4.69) is 21.9 Å². The Hall–Kier alpha value is -0.710. The Morgan fingerprint density at radius 1 is 1.12 bits per heavy atom. The number of aryl methyl sites for hydroxylation is 1. The number of ether oxygens (including phenoxy) is 1. The predicted octanol–water partition coefficient (Wildman–Crippen LogP) is 1.94. The highest BCUT2D eigenvalue weighted by atomic mass is 32.1. The first-order chi connectivity index (χ1) is 7.84. The van der Waals surface area contributed by atoms with Gasteiger partial charge in [-0.15, -0.1) is 0 Å². The van der Waals surface area contributed by atoms with Crippen molar-refractivity contribution >= 4 is 12.2 Å². The lowest BCUT2D eigenvalue weighted by Gasteiger charge is -2.26. The zero-order valence-electron chi connectivity index (χ0n) is 9.47. The van der Waals surface area contributed by atoms with E-state index in [1.807, 2.05) is 12.1 Å². The van der Waals surface area contributed by atoms with Crippen LogP contribution in [0, 0.1) is 4.51 Å². The fourth-order valence-electron chi connectivity index (χ4n) is 1.89. The Labute approximate surface area is 102 Å². The van der Waals surface area contributed by atoms with Crippen LogP contribution in [0.2, 0.25) is 0 Å². The summed E-state index contributed by atoms with van der Waals surface area (Å²) in [6, 6.07) is 3.95. The molecule has 0 radical (unpaired) electrons. The molecule has 0 bridgehead atoms. The van der Waals surface area contributed by atoms with Gasteiger partial charge in [0.2, 0.25) is 0 Å². The number of pyridine rings is 1. The van der Waals surface area contributed by atoms with Crippen molar-refractivity contribution in [2.45, 2.75) is 13.0 Å². The molecule has 0 saturated carbocycles. The topological polar surface area (TPSA) is 17.4 Å². The molecule has 88 valence electrons. The summed E-state index contributed by atoms with van der Waals surface area (Å²) in [5.41, 5.74) is 0. The third kappa shape index (κ3) is 3.70. The largest absolute Gasteiger partial charge is 0.379 e. The van der Waals surface area contributed by atoms with E-state index >= 15 is 0 Å². The second-order valence-electron chi connectivity index (χ2n) is 4.08. The fourth-order valence-corrected chi connectivity index (χ4v) is 2.02. The molecule has 0 N–H and O–H groups in total. The maximum absolute atomic E-state index is 5.32. The first kappa shape index (κ1) is 11.8. The molecule has 2 rings (SSSR count). The van der Waals surface area contributed by atoms with Crippen LogP contribution in [0.25, 0.3) is 0 Å². The van der Waals surface area contributed by atoms with Crippen LogP contribution in [-0.4, -0.2) is 42.3 Å². The quantitative estimate of drug-likeness (QED) is 0.746. The molecule has 1 saturated heterocycles. The SMILES string of the molecule is S=c1ccn(CCCN2CCOCC2)cc1. The molecule has 0 amide bonds. The number of rotatable bonds is 4. The molecule has 1 aromatic heterocycles. The minimum absolute atomic E-state index is 0.887. The van der Waals surface area contributed by atoms with Crippen LogP contribution in [0.5, 0.6) is 0 Å². The molecular weight excluding hydrogens is 220 g/mol. The van der Waals surface area contributed by atoms with Crippen molar-refractivity contribution in [3.63, 3.8) is 0 Å². The van der Waals surface area contributed by atoms with Crippen LogP contribution in [0.3, 0.4) is 0 Å². The molecule has 4 heteroatoms. The summed E-state index contributed by atoms with van der Waals surface area (Å²) in [6.07, 6.45) is 5.30. The lowest BCUT2D eigenvalue weighted by molar-refractivity contribution is 0.0369. The van der Waals surface area contributed by atoms with Crippen molar-refractivity contribution in [2.75, 3.05) is 32.8 Å². The van der Waals surface area contributed by atoms with Gasteiger partial charge in [-0.2, -0.15) is 0 Å². The Morgan fingerprint density at radius 3 is 2.50 bits per heavy atom. The summed E-state index contributed by atoms with van der Waals surface area (Å²) in [5.74, 6) is 0. The Kier molecular flexibility index (Phi) is 4.51. The first-order valence-corrected chi connectivity index (χ1v) is 6.22. The first-order valence-electron chi connectivity index (χ1n) is 5.81. The van der Waals surface area contributed by atoms with Gasteiger partial charge in [0.25, 0.3) is 0 Å². The lowest BCUT2D eigenvalue weighted by atomic mass is 10.3. The Morgan fingerprint density at radius 2 is 1.81 bits per heavy atom. The smallest absolute Gasteiger partial charge is 0.0594 e. The molecule has 1 aliphatic heterocycles. The van der Waals surface area contributed by atoms with E-state index in [1.54, 1.807) is 0 Å². The van der Waals surface area contributed by atoms with Gasteiger partial charge in [0.1, 0.15) is 0 Å². The van der Waals surface area contributed by atoms with Gasteiger partial charge >= 0.3 is 0 Å². The highest BCUT2D eigenvalue weighted by Crippen LogP contribution is 2.00. The monoisotopic (exact) mass is 238 g/mol. The molecule has 1 aliphatic rings. The molecule has 1 fully saturated rings. The maximum atomic E-state index is 5.32. The second-order valence-corrected chi connectivity index (χ2v) is 4.55. The van der Waals surface area contributed by atoms with E-state index in [1.165, 1.54) is 6.42 Å². The molecule has 0 atom stereocenters. The highest BCUT2D eigenvalue weighted by molar-refractivity contribution is 7.71. The molecule has 0 aromatic carbocycles. The van der Waals surface area contributed by atoms with E-state index in [-0.39, 0.29) is 0 Å². The van der Waals surface area contributed by atoms with Crippen molar-refractivity contribution in [3.8, 4) is 0 Å². The zero-order chi connectivity index (χ0) is 11.2. The molecule has 0 spiro atoms. The minimum Gasteiger partial charge on any atom is -0.379 e. The van der Waals surface area contributed by atoms with E-state index in [9.17, 15) is 0 Å². The van der Waals surface area contributed by atoms with Gasteiger partial charge in [0.05, 0.1) is 13.2 Å². The molecular formula is C12H18N2OS. The van der Waals surface area contributed by atoms with Crippen LogP contribution < -0.4 is 0 Å². The fraction of sp³-hybridized carbons (Fsp3) is 0.583. The van der Waals surface area contributed by atoms with Crippen LogP contribution in [-0.2, 0) is 11.3 Å². The summed E-state index contributed by atoms with van der Waals surface area (Å²) in [4.78, 5) is 2.46. The van der Waals surface area contributed by atoms with Crippen molar-refractivity contribution in [1.29, 1.82) is 0 Å². The van der Waals surface area contributed by atoms with Gasteiger partial charge in [-0.1, -0.05) is 12.2 Å². The summed E-state index contributed by atoms with van der Waals surface area (Å²) in [6.45, 7) is 6.15. The molecule has 0 aliphatic carbocycles. The molecule has 3 nitrogen and oxygen atoms in total. The van der Waals surface area contributed by atoms with Crippen LogP contribution >= 0.6 is 12.2 Å². The number of morpholine rings is 1. The Balaban J connectivity index is 1.71. The summed E-state index contributed by atoms with van der Waals surface area (Å²) in [5, 5.41) is 0. The van der Waals surface area contributed by atoms with Gasteiger partial charge in [0, 0.05) is 43.1 Å². The van der Waals surface area contributed by atoms with Crippen molar-refractivity contribution in [2.24, 2.45) is 0 Å². The minimum atomic E-state index is 0.887. The Bertz CT molecular complexity index is 351. The number of nitrogens with zero attached hydrogens (tertiary/aromatic N) is 2. The van der Waals surface area contributed by atoms with Crippen LogP contribution in [0.1, 0.15) is 6.42 Å². The predicted molar refractivity (Wildman–Crippen MR) is 67.1 cm³/mol. The normalized spacial score (nSPS) is 17.5. The van der Waals surface area contributed by atoms with Gasteiger partial charge in [-0.3, -0.25) is 4.90 Å². The molecule has 1 aromatic rings. The summed E-state index contributed by atoms with van der Waals surface area (Å²) < 4.78 is 8.42. The highest BCUT2D eigenvalue weighted by Gasteiger charge is 2.08. The van der Waals surface area contributed by atoms with Gasteiger partial charge < -0.3 is 9.30 Å². The number of hydrogen-bond acceptors (Lipinski definition) is 3. The molecule has 0 unspecified atom stereocenters. The molecule has 2 heterocycles. The van der Waals surface area contributed by atoms with Crippen LogP contribution in [0.15, 0.2) is 24.5 Å². The zero-order valence-corrected chi connectivity index (χ0v) is 10.3. The average molecular weight is 238 g/mol. The summed E-state index contributed by atoms with van der Waals surface area (Å²) >= 11 is 5.05. The van der Waals surface area contributed by atoms with Crippen molar-refractivity contribution in [1.82, 2.24) is 9.47 Å². The third-order valence-corrected chi connectivity index (χ3v) is 3.13. The van der Waals surface area contributed by atoms with E-state index in [4.69, 9.17) is 17.0 Å². The maximum Gasteiger partial charge on any atom is 0.0594 e. The van der Waals surface area contributed by atoms with E-state index in [0.29, 0.717) is 0 Å². The van der Waals surface area contributed by atoms with Gasteiger partial charge in [-0.05, 0) is 18.6 Å². The standard InChI is InChI=1S/C12H18N2OS/c16-12-2-6-13(7-3-12)4-1-5-14-8-10-15-11-9-14/h2-3,6-7H,1,4-5,8-11H2. The van der Waals surface area contributed by atoms with E-state index in [0.717, 1.165) is 43.9 Å². The van der Waals surface area contributed by atoms with Crippen molar-refractivity contribution in [3.05, 3.63) is 29.0 Å².